The number of benzene rings is 1. The molecule has 3 heteroatoms. The molecule has 1 aromatic carbocycles. The molecule has 0 N–H and O–H groups in total. The molecule has 2 fully saturated rings. The van der Waals surface area contributed by atoms with Crippen molar-refractivity contribution in [2.75, 3.05) is 0 Å². The van der Waals surface area contributed by atoms with Crippen molar-refractivity contribution in [3.8, 4) is 11.8 Å². The summed E-state index contributed by atoms with van der Waals surface area (Å²) in [5.41, 5.74) is 0.0727. The lowest BCUT2D eigenvalue weighted by molar-refractivity contribution is -0.137. The summed E-state index contributed by atoms with van der Waals surface area (Å²) in [4.78, 5) is 0. The van der Waals surface area contributed by atoms with Crippen LogP contribution in [0.15, 0.2) is 24.3 Å². The first-order chi connectivity index (χ1) is 13.5. The zero-order valence-corrected chi connectivity index (χ0v) is 17.0. The molecule has 154 valence electrons. The van der Waals surface area contributed by atoms with Gasteiger partial charge in [-0.2, -0.15) is 13.2 Å². The molecule has 3 rings (SSSR count). The van der Waals surface area contributed by atoms with Gasteiger partial charge in [0.15, 0.2) is 0 Å². The molecule has 0 amide bonds. The van der Waals surface area contributed by atoms with E-state index in [2.05, 4.69) is 18.8 Å². The number of unbranched alkanes of at least 4 members (excludes halogenated alkanes) is 1. The van der Waals surface area contributed by atoms with E-state index in [1.807, 2.05) is 0 Å². The van der Waals surface area contributed by atoms with Crippen molar-refractivity contribution in [2.45, 2.75) is 83.7 Å². The number of halogens is 3. The summed E-state index contributed by atoms with van der Waals surface area (Å²) in [5, 5.41) is 0. The summed E-state index contributed by atoms with van der Waals surface area (Å²) >= 11 is 0. The summed E-state index contributed by atoms with van der Waals surface area (Å²) < 4.78 is 37.9. The van der Waals surface area contributed by atoms with Crippen LogP contribution in [0.2, 0.25) is 0 Å². The fourth-order valence-electron chi connectivity index (χ4n) is 5.10. The van der Waals surface area contributed by atoms with E-state index in [-0.39, 0.29) is 0 Å². The molecule has 28 heavy (non-hydrogen) atoms. The third-order valence-corrected chi connectivity index (χ3v) is 6.93. The summed E-state index contributed by atoms with van der Waals surface area (Å²) in [6, 6.07) is 5.21. The van der Waals surface area contributed by atoms with Crippen molar-refractivity contribution in [2.24, 2.45) is 23.7 Å². The molecule has 1 aromatic rings. The number of alkyl halides is 3. The van der Waals surface area contributed by atoms with Gasteiger partial charge < -0.3 is 0 Å². The van der Waals surface area contributed by atoms with E-state index in [9.17, 15) is 13.2 Å². The van der Waals surface area contributed by atoms with Gasteiger partial charge in [-0.15, -0.1) is 0 Å². The van der Waals surface area contributed by atoms with E-state index in [1.165, 1.54) is 69.9 Å². The number of hydrogen-bond acceptors (Lipinski definition) is 0. The lowest BCUT2D eigenvalue weighted by Crippen LogP contribution is -2.25. The predicted octanol–water partition coefficient (Wildman–Crippen LogP) is 7.86. The van der Waals surface area contributed by atoms with Gasteiger partial charge in [0.05, 0.1) is 5.56 Å². The minimum atomic E-state index is -4.28. The molecule has 0 saturated heterocycles. The van der Waals surface area contributed by atoms with E-state index < -0.39 is 11.7 Å². The maximum atomic E-state index is 12.6. The summed E-state index contributed by atoms with van der Waals surface area (Å²) in [6.07, 6.45) is 10.4. The van der Waals surface area contributed by atoms with Gasteiger partial charge in [-0.3, -0.25) is 0 Å². The zero-order chi connectivity index (χ0) is 20.0. The fourth-order valence-corrected chi connectivity index (χ4v) is 5.10. The van der Waals surface area contributed by atoms with Crippen molar-refractivity contribution < 1.29 is 13.2 Å². The summed E-state index contributed by atoms with van der Waals surface area (Å²) in [5.74, 6) is 9.58. The Hall–Kier alpha value is -1.43. The SMILES string of the molecule is CCCC[C@H]1CC[C@H](C2CCC(C#Cc3ccc(C(F)(F)F)cc3)CC2)CC1. The molecule has 0 radical (unpaired) electrons. The lowest BCUT2D eigenvalue weighted by atomic mass is 9.69. The molecule has 0 atom stereocenters. The normalized spacial score (nSPS) is 28.4. The van der Waals surface area contributed by atoms with Crippen molar-refractivity contribution in [1.82, 2.24) is 0 Å². The van der Waals surface area contributed by atoms with Gasteiger partial charge in [0, 0.05) is 11.5 Å². The van der Waals surface area contributed by atoms with Crippen LogP contribution in [0.4, 0.5) is 13.2 Å². The number of hydrogen-bond donors (Lipinski definition) is 0. The average Bonchev–Trinajstić information content (AvgIpc) is 2.71. The molecule has 0 aromatic heterocycles. The Kier molecular flexibility index (Phi) is 7.49. The van der Waals surface area contributed by atoms with Gasteiger partial charge in [-0.25, -0.2) is 0 Å². The molecule has 0 nitrogen and oxygen atoms in total. The Morgan fingerprint density at radius 2 is 1.43 bits per heavy atom. The molecular weight excluding hydrogens is 357 g/mol. The predicted molar refractivity (Wildman–Crippen MR) is 109 cm³/mol. The van der Waals surface area contributed by atoms with Crippen molar-refractivity contribution >= 4 is 0 Å². The molecule has 0 unspecified atom stereocenters. The molecule has 0 aliphatic heterocycles. The minimum Gasteiger partial charge on any atom is -0.166 e. The molecule has 0 heterocycles. The van der Waals surface area contributed by atoms with Crippen LogP contribution in [0.25, 0.3) is 0 Å². The van der Waals surface area contributed by atoms with Gasteiger partial charge in [-0.05, 0) is 80.5 Å². The second-order valence-corrected chi connectivity index (χ2v) is 8.88. The van der Waals surface area contributed by atoms with Crippen molar-refractivity contribution in [3.63, 3.8) is 0 Å². The smallest absolute Gasteiger partial charge is 0.166 e. The first-order valence-corrected chi connectivity index (χ1v) is 11.1. The van der Waals surface area contributed by atoms with Gasteiger partial charge in [0.25, 0.3) is 0 Å². The van der Waals surface area contributed by atoms with Crippen LogP contribution in [-0.2, 0) is 6.18 Å². The van der Waals surface area contributed by atoms with Crippen LogP contribution >= 0.6 is 0 Å². The molecule has 0 spiro atoms. The maximum Gasteiger partial charge on any atom is 0.416 e. The highest BCUT2D eigenvalue weighted by molar-refractivity contribution is 5.37. The first kappa shape index (κ1) is 21.3. The highest BCUT2D eigenvalue weighted by atomic mass is 19.4. The molecule has 0 bridgehead atoms. The molecule has 2 aliphatic rings. The summed E-state index contributed by atoms with van der Waals surface area (Å²) in [7, 11) is 0. The Balaban J connectivity index is 1.43. The van der Waals surface area contributed by atoms with Crippen LogP contribution in [0.1, 0.15) is 88.7 Å². The third kappa shape index (κ3) is 6.03. The van der Waals surface area contributed by atoms with Crippen LogP contribution in [0, 0.1) is 35.5 Å². The Bertz CT molecular complexity index is 646. The van der Waals surface area contributed by atoms with E-state index in [0.717, 1.165) is 42.7 Å². The van der Waals surface area contributed by atoms with E-state index in [1.54, 1.807) is 0 Å². The van der Waals surface area contributed by atoms with Crippen LogP contribution < -0.4 is 0 Å². The highest BCUT2D eigenvalue weighted by Crippen LogP contribution is 2.42. The van der Waals surface area contributed by atoms with Gasteiger partial charge in [0.1, 0.15) is 0 Å². The Labute approximate surface area is 168 Å². The van der Waals surface area contributed by atoms with Crippen LogP contribution in [-0.4, -0.2) is 0 Å². The van der Waals surface area contributed by atoms with Gasteiger partial charge in [0.2, 0.25) is 0 Å². The quantitative estimate of drug-likeness (QED) is 0.459. The minimum absolute atomic E-state index is 0.402. The largest absolute Gasteiger partial charge is 0.416 e. The van der Waals surface area contributed by atoms with E-state index >= 15 is 0 Å². The Morgan fingerprint density at radius 1 is 0.857 bits per heavy atom. The topological polar surface area (TPSA) is 0 Å². The average molecular weight is 391 g/mol. The lowest BCUT2D eigenvalue weighted by Gasteiger charge is -2.37. The first-order valence-electron chi connectivity index (χ1n) is 11.1. The fraction of sp³-hybridized carbons (Fsp3) is 0.680. The molecular formula is C25H33F3. The van der Waals surface area contributed by atoms with Crippen LogP contribution in [0.3, 0.4) is 0 Å². The van der Waals surface area contributed by atoms with Gasteiger partial charge in [-0.1, -0.05) is 50.9 Å². The zero-order valence-electron chi connectivity index (χ0n) is 17.0. The van der Waals surface area contributed by atoms with Crippen molar-refractivity contribution in [3.05, 3.63) is 35.4 Å². The highest BCUT2D eigenvalue weighted by Gasteiger charge is 2.31. The van der Waals surface area contributed by atoms with E-state index in [0.29, 0.717) is 11.5 Å². The van der Waals surface area contributed by atoms with E-state index in [4.69, 9.17) is 0 Å². The summed E-state index contributed by atoms with van der Waals surface area (Å²) in [6.45, 7) is 2.28. The van der Waals surface area contributed by atoms with Crippen LogP contribution in [0.5, 0.6) is 0 Å². The number of rotatable bonds is 4. The maximum absolute atomic E-state index is 12.6. The van der Waals surface area contributed by atoms with Gasteiger partial charge >= 0.3 is 6.18 Å². The monoisotopic (exact) mass is 390 g/mol. The molecule has 2 aliphatic carbocycles. The van der Waals surface area contributed by atoms with Crippen molar-refractivity contribution in [1.29, 1.82) is 0 Å². The standard InChI is InChI=1S/C25H33F3/c1-2-3-4-19-7-13-22(14-8-19)23-15-9-20(10-16-23)5-6-21-11-17-24(18-12-21)25(26,27)28/h11-12,17-20,22-23H,2-4,7-10,13-16H2,1H3/t19-,20?,22-,23?. The second kappa shape index (κ2) is 9.86. The Morgan fingerprint density at radius 3 is 1.96 bits per heavy atom. The third-order valence-electron chi connectivity index (χ3n) is 6.93. The second-order valence-electron chi connectivity index (χ2n) is 8.88. The molecule has 2 saturated carbocycles.